The fraction of sp³-hybridized carbons (Fsp3) is 0.259. The van der Waals surface area contributed by atoms with E-state index < -0.39 is 11.8 Å². The van der Waals surface area contributed by atoms with Crippen molar-refractivity contribution in [2.75, 3.05) is 43.5 Å². The van der Waals surface area contributed by atoms with Crippen molar-refractivity contribution in [2.24, 2.45) is 5.73 Å². The van der Waals surface area contributed by atoms with Gasteiger partial charge in [-0.15, -0.1) is 0 Å². The first-order chi connectivity index (χ1) is 18.3. The molecule has 1 aliphatic rings. The number of urea groups is 1. The summed E-state index contributed by atoms with van der Waals surface area (Å²) in [6, 6.07) is 9.95. The van der Waals surface area contributed by atoms with Gasteiger partial charge in [-0.2, -0.15) is 0 Å². The summed E-state index contributed by atoms with van der Waals surface area (Å²) in [5.41, 5.74) is 13.8. The normalized spacial score (nSPS) is 14.1. The van der Waals surface area contributed by atoms with Gasteiger partial charge in [0, 0.05) is 37.9 Å². The predicted molar refractivity (Wildman–Crippen MR) is 142 cm³/mol. The Morgan fingerprint density at radius 3 is 2.61 bits per heavy atom. The number of nitrogens with zero attached hydrogens (tertiary/aromatic N) is 5. The van der Waals surface area contributed by atoms with Crippen molar-refractivity contribution < 1.29 is 18.7 Å². The van der Waals surface area contributed by atoms with Crippen molar-refractivity contribution in [3.05, 3.63) is 77.5 Å². The van der Waals surface area contributed by atoms with Crippen LogP contribution in [-0.4, -0.2) is 64.1 Å². The quantitative estimate of drug-likeness (QED) is 0.360. The van der Waals surface area contributed by atoms with Crippen molar-refractivity contribution >= 4 is 40.0 Å². The number of benzene rings is 2. The summed E-state index contributed by atoms with van der Waals surface area (Å²) >= 11 is 0. The molecule has 10 nitrogen and oxygen atoms in total. The van der Waals surface area contributed by atoms with Crippen LogP contribution >= 0.6 is 0 Å². The Morgan fingerprint density at radius 1 is 1.11 bits per heavy atom. The van der Waals surface area contributed by atoms with Gasteiger partial charge in [-0.3, -0.25) is 14.6 Å². The van der Waals surface area contributed by atoms with E-state index in [0.29, 0.717) is 41.9 Å². The number of ketones is 1. The molecule has 3 heterocycles. The minimum absolute atomic E-state index is 0.0296. The molecule has 2 aromatic heterocycles. The average molecular weight is 518 g/mol. The first-order valence-electron chi connectivity index (χ1n) is 12.2. The maximum atomic E-state index is 14.7. The fourth-order valence-corrected chi connectivity index (χ4v) is 4.78. The minimum atomic E-state index is -0.875. The zero-order valence-corrected chi connectivity index (χ0v) is 20.9. The van der Waals surface area contributed by atoms with E-state index in [1.54, 1.807) is 43.5 Å². The van der Waals surface area contributed by atoms with Gasteiger partial charge in [-0.05, 0) is 30.7 Å². The van der Waals surface area contributed by atoms with Crippen LogP contribution in [0.3, 0.4) is 0 Å². The number of aromatic nitrogens is 3. The molecule has 4 N–H and O–H groups in total. The van der Waals surface area contributed by atoms with Gasteiger partial charge in [0.25, 0.3) is 0 Å². The smallest absolute Gasteiger partial charge is 0.323 e. The van der Waals surface area contributed by atoms with Crippen molar-refractivity contribution in [1.29, 1.82) is 0 Å². The Morgan fingerprint density at radius 2 is 1.87 bits per heavy atom. The zero-order chi connectivity index (χ0) is 26.8. The molecule has 5 rings (SSSR count). The number of nitrogens with two attached hydrogens (primary N) is 2. The first-order valence-corrected chi connectivity index (χ1v) is 12.2. The van der Waals surface area contributed by atoms with E-state index in [0.717, 1.165) is 24.5 Å². The van der Waals surface area contributed by atoms with Crippen LogP contribution in [0, 0.1) is 12.7 Å². The first kappa shape index (κ1) is 25.3. The molecular formula is C27H28FN7O3. The lowest BCUT2D eigenvalue weighted by molar-refractivity contribution is 0.0365. The van der Waals surface area contributed by atoms with Crippen LogP contribution in [0.25, 0.3) is 11.0 Å². The lowest BCUT2D eigenvalue weighted by Crippen LogP contribution is -2.38. The van der Waals surface area contributed by atoms with Gasteiger partial charge in [0.15, 0.2) is 5.78 Å². The lowest BCUT2D eigenvalue weighted by Gasteiger charge is -2.26. The van der Waals surface area contributed by atoms with Crippen molar-refractivity contribution in [3.63, 3.8) is 0 Å². The molecule has 0 aliphatic carbocycles. The number of para-hydroxylation sites is 1. The van der Waals surface area contributed by atoms with Crippen molar-refractivity contribution in [3.8, 4) is 0 Å². The molecular weight excluding hydrogens is 489 g/mol. The van der Waals surface area contributed by atoms with E-state index >= 15 is 0 Å². The molecule has 11 heteroatoms. The summed E-state index contributed by atoms with van der Waals surface area (Å²) in [5, 5.41) is 0.460. The number of ether oxygens (including phenoxy) is 1. The molecule has 1 fully saturated rings. The number of rotatable bonds is 7. The van der Waals surface area contributed by atoms with Gasteiger partial charge < -0.3 is 20.8 Å². The molecule has 1 aliphatic heterocycles. The van der Waals surface area contributed by atoms with E-state index in [1.165, 1.54) is 18.5 Å². The maximum absolute atomic E-state index is 14.7. The SMILES string of the molecule is Cc1cccc(F)c1N(C(N)=O)c1cccc(C(=O)c2cn(CCN3CCOCC3)c3ncnc(N)c23)c1. The molecule has 4 aromatic rings. The highest BCUT2D eigenvalue weighted by molar-refractivity contribution is 6.18. The van der Waals surface area contributed by atoms with Crippen LogP contribution in [0.15, 0.2) is 55.0 Å². The third-order valence-corrected chi connectivity index (χ3v) is 6.69. The van der Waals surface area contributed by atoms with Crippen LogP contribution in [0.4, 0.5) is 26.4 Å². The van der Waals surface area contributed by atoms with Crippen LogP contribution in [0.2, 0.25) is 0 Å². The average Bonchev–Trinajstić information content (AvgIpc) is 3.29. The Kier molecular flexibility index (Phi) is 7.03. The van der Waals surface area contributed by atoms with E-state index in [4.69, 9.17) is 16.2 Å². The molecule has 2 amide bonds. The third kappa shape index (κ3) is 4.81. The molecule has 38 heavy (non-hydrogen) atoms. The van der Waals surface area contributed by atoms with E-state index in [-0.39, 0.29) is 28.5 Å². The number of amides is 2. The topological polar surface area (TPSA) is 133 Å². The van der Waals surface area contributed by atoms with Gasteiger partial charge in [-0.1, -0.05) is 24.3 Å². The highest BCUT2D eigenvalue weighted by Gasteiger charge is 2.24. The number of anilines is 3. The number of hydrogen-bond donors (Lipinski definition) is 2. The summed E-state index contributed by atoms with van der Waals surface area (Å²) < 4.78 is 22.1. The van der Waals surface area contributed by atoms with E-state index in [2.05, 4.69) is 14.9 Å². The summed E-state index contributed by atoms with van der Waals surface area (Å²) in [5.74, 6) is -0.743. The highest BCUT2D eigenvalue weighted by atomic mass is 19.1. The molecule has 0 unspecified atom stereocenters. The van der Waals surface area contributed by atoms with Gasteiger partial charge in [0.05, 0.1) is 35.5 Å². The number of aryl methyl sites for hydroxylation is 1. The molecule has 196 valence electrons. The van der Waals surface area contributed by atoms with E-state index in [9.17, 15) is 14.0 Å². The van der Waals surface area contributed by atoms with Gasteiger partial charge in [0.2, 0.25) is 0 Å². The number of primary amides is 1. The van der Waals surface area contributed by atoms with E-state index in [1.807, 2.05) is 4.57 Å². The van der Waals surface area contributed by atoms with Crippen molar-refractivity contribution in [2.45, 2.75) is 13.5 Å². The standard InChI is InChI=1S/C27H28FN7O3/c1-17-4-2-7-21(28)23(17)35(27(30)37)19-6-3-5-18(14-19)24(36)20-15-34(9-8-33-10-12-38-13-11-33)26-22(20)25(29)31-16-32-26/h2-7,14-16H,8-13H2,1H3,(H2,30,37)(H2,29,31,32). The van der Waals surface area contributed by atoms with Crippen LogP contribution in [-0.2, 0) is 11.3 Å². The Balaban J connectivity index is 1.52. The molecule has 1 saturated heterocycles. The fourth-order valence-electron chi connectivity index (χ4n) is 4.78. The second kappa shape index (κ2) is 10.6. The number of fused-ring (bicyclic) bond motifs is 1. The number of nitrogen functional groups attached to an aromatic ring is 1. The largest absolute Gasteiger partial charge is 0.383 e. The summed E-state index contributed by atoms with van der Waals surface area (Å²) in [4.78, 5) is 38.1. The zero-order valence-electron chi connectivity index (χ0n) is 20.9. The Bertz CT molecular complexity index is 1490. The number of morpholine rings is 1. The number of carbonyl (C=O) groups excluding carboxylic acids is 2. The molecule has 0 spiro atoms. The number of halogens is 1. The monoisotopic (exact) mass is 517 g/mol. The molecule has 2 aromatic carbocycles. The van der Waals surface area contributed by atoms with Crippen molar-refractivity contribution in [1.82, 2.24) is 19.4 Å². The molecule has 0 atom stereocenters. The Hall–Kier alpha value is -4.35. The highest BCUT2D eigenvalue weighted by Crippen LogP contribution is 2.33. The maximum Gasteiger partial charge on any atom is 0.323 e. The summed E-state index contributed by atoms with van der Waals surface area (Å²) in [6.45, 7) is 6.10. The van der Waals surface area contributed by atoms with Crippen LogP contribution < -0.4 is 16.4 Å². The lowest BCUT2D eigenvalue weighted by atomic mass is 10.0. The van der Waals surface area contributed by atoms with Gasteiger partial charge in [-0.25, -0.2) is 19.2 Å². The van der Waals surface area contributed by atoms with Crippen LogP contribution in [0.5, 0.6) is 0 Å². The molecule has 0 saturated carbocycles. The second-order valence-electron chi connectivity index (χ2n) is 9.11. The summed E-state index contributed by atoms with van der Waals surface area (Å²) in [7, 11) is 0. The second-order valence-corrected chi connectivity index (χ2v) is 9.11. The number of carbonyl (C=O) groups is 2. The summed E-state index contributed by atoms with van der Waals surface area (Å²) in [6.07, 6.45) is 3.11. The van der Waals surface area contributed by atoms with Gasteiger partial charge >= 0.3 is 6.03 Å². The minimum Gasteiger partial charge on any atom is -0.383 e. The third-order valence-electron chi connectivity index (χ3n) is 6.69. The number of hydrogen-bond acceptors (Lipinski definition) is 7. The van der Waals surface area contributed by atoms with Gasteiger partial charge in [0.1, 0.15) is 23.6 Å². The van der Waals surface area contributed by atoms with Crippen LogP contribution in [0.1, 0.15) is 21.5 Å². The molecule has 0 radical (unpaired) electrons. The Labute approximate surface area is 218 Å². The predicted octanol–water partition coefficient (Wildman–Crippen LogP) is 3.24. The molecule has 0 bridgehead atoms.